The minimum Gasteiger partial charge on any atom is -0.462 e. The molecular weight excluding hydrogens is 560 g/mol. The second-order valence-corrected chi connectivity index (χ2v) is 13.0. The second kappa shape index (κ2) is 36.8. The summed E-state index contributed by atoms with van der Waals surface area (Å²) in [5.41, 5.74) is 0. The normalized spacial score (nSPS) is 12.3. The molecule has 1 unspecified atom stereocenters. The molecule has 0 aliphatic heterocycles. The summed E-state index contributed by atoms with van der Waals surface area (Å²) in [6.07, 6.45) is 42.3. The van der Waals surface area contributed by atoms with Crippen LogP contribution in [-0.2, 0) is 19.1 Å². The molecule has 0 aromatic rings. The van der Waals surface area contributed by atoms with Crippen molar-refractivity contribution in [2.24, 2.45) is 0 Å². The molecule has 1 atom stereocenters. The minimum atomic E-state index is -0.768. The predicted octanol–water partition coefficient (Wildman–Crippen LogP) is 11.9. The van der Waals surface area contributed by atoms with E-state index in [1.54, 1.807) is 0 Å². The van der Waals surface area contributed by atoms with Crippen molar-refractivity contribution < 1.29 is 24.2 Å². The van der Waals surface area contributed by atoms with Crippen molar-refractivity contribution in [1.82, 2.24) is 0 Å². The number of carbonyl (C=O) groups is 2. The number of rotatable bonds is 35. The summed E-state index contributed by atoms with van der Waals surface area (Å²) in [6.45, 7) is 4.11. The third kappa shape index (κ3) is 35.1. The van der Waals surface area contributed by atoms with Crippen LogP contribution in [0.15, 0.2) is 24.3 Å². The molecule has 0 spiro atoms. The zero-order valence-electron chi connectivity index (χ0n) is 29.9. The number of hydrogen-bond donors (Lipinski definition) is 1. The fraction of sp³-hybridized carbons (Fsp3) is 0.850. The van der Waals surface area contributed by atoms with Gasteiger partial charge in [0.2, 0.25) is 0 Å². The van der Waals surface area contributed by atoms with E-state index >= 15 is 0 Å². The summed E-state index contributed by atoms with van der Waals surface area (Å²) >= 11 is 0. The molecule has 0 fully saturated rings. The van der Waals surface area contributed by atoms with E-state index in [4.69, 9.17) is 9.47 Å². The number of carbonyl (C=O) groups excluding carboxylic acids is 2. The first-order chi connectivity index (χ1) is 22.1. The van der Waals surface area contributed by atoms with Gasteiger partial charge in [-0.05, 0) is 44.9 Å². The lowest BCUT2D eigenvalue weighted by atomic mass is 10.0. The largest absolute Gasteiger partial charge is 0.462 e. The zero-order valence-corrected chi connectivity index (χ0v) is 29.9. The first-order valence-corrected chi connectivity index (χ1v) is 19.4. The van der Waals surface area contributed by atoms with Crippen LogP contribution in [0.2, 0.25) is 0 Å². The fourth-order valence-electron chi connectivity index (χ4n) is 5.53. The average molecular weight is 635 g/mol. The SMILES string of the molecule is CCCCCC=CCC=CCCCCCCCCCCCC(=O)OC(CO)COC(=O)CCCCCCCCCCCCCC. The minimum absolute atomic E-state index is 0.0633. The number of allylic oxidation sites excluding steroid dienone is 4. The summed E-state index contributed by atoms with van der Waals surface area (Å²) in [5, 5.41) is 9.54. The molecule has 0 saturated heterocycles. The molecule has 0 aliphatic carbocycles. The molecule has 0 aromatic heterocycles. The Kier molecular flexibility index (Phi) is 35.5. The molecule has 0 amide bonds. The quantitative estimate of drug-likeness (QED) is 0.0426. The molecule has 0 radical (unpaired) electrons. The number of hydrogen-bond acceptors (Lipinski definition) is 5. The number of aliphatic hydroxyl groups excluding tert-OH is 1. The van der Waals surface area contributed by atoms with Crippen LogP contribution < -0.4 is 0 Å². The van der Waals surface area contributed by atoms with Crippen LogP contribution in [0.4, 0.5) is 0 Å². The van der Waals surface area contributed by atoms with Gasteiger partial charge in [0, 0.05) is 12.8 Å². The molecule has 0 heterocycles. The molecule has 45 heavy (non-hydrogen) atoms. The third-order valence-corrected chi connectivity index (χ3v) is 8.50. The second-order valence-electron chi connectivity index (χ2n) is 13.0. The number of ether oxygens (including phenoxy) is 2. The first-order valence-electron chi connectivity index (χ1n) is 19.4. The van der Waals surface area contributed by atoms with Gasteiger partial charge in [0.05, 0.1) is 6.61 Å². The highest BCUT2D eigenvalue weighted by molar-refractivity contribution is 5.70. The van der Waals surface area contributed by atoms with Crippen LogP contribution in [0.3, 0.4) is 0 Å². The van der Waals surface area contributed by atoms with Crippen molar-refractivity contribution >= 4 is 11.9 Å². The van der Waals surface area contributed by atoms with Crippen LogP contribution in [-0.4, -0.2) is 36.4 Å². The highest BCUT2D eigenvalue weighted by atomic mass is 16.6. The van der Waals surface area contributed by atoms with E-state index < -0.39 is 6.10 Å². The number of esters is 2. The summed E-state index contributed by atoms with van der Waals surface area (Å²) in [6, 6.07) is 0. The van der Waals surface area contributed by atoms with E-state index in [2.05, 4.69) is 38.2 Å². The van der Waals surface area contributed by atoms with Crippen LogP contribution in [0.25, 0.3) is 0 Å². The summed E-state index contributed by atoms with van der Waals surface area (Å²) in [5.74, 6) is -0.590. The van der Waals surface area contributed by atoms with Gasteiger partial charge in [-0.3, -0.25) is 9.59 Å². The van der Waals surface area contributed by atoms with Crippen molar-refractivity contribution in [1.29, 1.82) is 0 Å². The lowest BCUT2D eigenvalue weighted by Crippen LogP contribution is -2.28. The van der Waals surface area contributed by atoms with E-state index in [1.807, 2.05) is 0 Å². The highest BCUT2D eigenvalue weighted by Crippen LogP contribution is 2.14. The Morgan fingerprint density at radius 1 is 0.511 bits per heavy atom. The topological polar surface area (TPSA) is 72.8 Å². The summed E-state index contributed by atoms with van der Waals surface area (Å²) in [4.78, 5) is 24.2. The zero-order chi connectivity index (χ0) is 32.9. The van der Waals surface area contributed by atoms with Gasteiger partial charge in [-0.25, -0.2) is 0 Å². The Morgan fingerprint density at radius 2 is 0.889 bits per heavy atom. The van der Waals surface area contributed by atoms with Crippen molar-refractivity contribution in [3.63, 3.8) is 0 Å². The Balaban J connectivity index is 3.54. The van der Waals surface area contributed by atoms with Gasteiger partial charge in [-0.2, -0.15) is 0 Å². The lowest BCUT2D eigenvalue weighted by Gasteiger charge is -2.15. The molecule has 0 saturated carbocycles. The molecule has 5 heteroatoms. The van der Waals surface area contributed by atoms with Crippen molar-refractivity contribution in [2.45, 2.75) is 206 Å². The van der Waals surface area contributed by atoms with Gasteiger partial charge < -0.3 is 14.6 Å². The maximum Gasteiger partial charge on any atom is 0.306 e. The van der Waals surface area contributed by atoms with Crippen LogP contribution in [0.1, 0.15) is 200 Å². The Labute approximate surface area is 279 Å². The molecule has 264 valence electrons. The van der Waals surface area contributed by atoms with Gasteiger partial charge in [0.25, 0.3) is 0 Å². The van der Waals surface area contributed by atoms with E-state index in [0.717, 1.165) is 44.9 Å². The van der Waals surface area contributed by atoms with E-state index in [1.165, 1.54) is 128 Å². The molecule has 5 nitrogen and oxygen atoms in total. The van der Waals surface area contributed by atoms with E-state index in [9.17, 15) is 14.7 Å². The predicted molar refractivity (Wildman–Crippen MR) is 191 cm³/mol. The third-order valence-electron chi connectivity index (χ3n) is 8.50. The molecular formula is C40H74O5. The smallest absolute Gasteiger partial charge is 0.306 e. The van der Waals surface area contributed by atoms with Gasteiger partial charge >= 0.3 is 11.9 Å². The molecule has 0 aliphatic rings. The van der Waals surface area contributed by atoms with E-state index in [-0.39, 0.29) is 25.2 Å². The molecule has 0 aromatic carbocycles. The van der Waals surface area contributed by atoms with Crippen molar-refractivity contribution in [3.8, 4) is 0 Å². The number of aliphatic hydroxyl groups is 1. The summed E-state index contributed by atoms with van der Waals surface area (Å²) in [7, 11) is 0. The van der Waals surface area contributed by atoms with Gasteiger partial charge in [-0.15, -0.1) is 0 Å². The average Bonchev–Trinajstić information content (AvgIpc) is 3.04. The van der Waals surface area contributed by atoms with Crippen molar-refractivity contribution in [2.75, 3.05) is 13.2 Å². The van der Waals surface area contributed by atoms with Crippen molar-refractivity contribution in [3.05, 3.63) is 24.3 Å². The Bertz CT molecular complexity index is 686. The molecule has 0 rings (SSSR count). The van der Waals surface area contributed by atoms with Gasteiger partial charge in [-0.1, -0.05) is 167 Å². The monoisotopic (exact) mass is 635 g/mol. The standard InChI is InChI=1S/C40H74O5/c1-3-5-7-9-11-13-15-17-18-19-20-21-22-23-25-27-29-31-33-35-40(43)45-38(36-41)37-44-39(42)34-32-30-28-26-24-16-14-12-10-8-6-4-2/h11,13,17-18,38,41H,3-10,12,14-16,19-37H2,1-2H3. The van der Waals surface area contributed by atoms with Crippen LogP contribution in [0.5, 0.6) is 0 Å². The lowest BCUT2D eigenvalue weighted by molar-refractivity contribution is -0.161. The first kappa shape index (κ1) is 43.4. The maximum absolute atomic E-state index is 12.2. The number of unbranched alkanes of at least 4 members (excludes halogenated alkanes) is 23. The fourth-order valence-corrected chi connectivity index (χ4v) is 5.53. The van der Waals surface area contributed by atoms with Gasteiger partial charge in [0.15, 0.2) is 6.10 Å². The maximum atomic E-state index is 12.2. The van der Waals surface area contributed by atoms with Crippen LogP contribution in [0, 0.1) is 0 Å². The highest BCUT2D eigenvalue weighted by Gasteiger charge is 2.16. The van der Waals surface area contributed by atoms with Crippen LogP contribution >= 0.6 is 0 Å². The van der Waals surface area contributed by atoms with E-state index in [0.29, 0.717) is 12.8 Å². The Morgan fingerprint density at radius 3 is 1.36 bits per heavy atom. The Hall–Kier alpha value is -1.62. The molecule has 0 bridgehead atoms. The summed E-state index contributed by atoms with van der Waals surface area (Å²) < 4.78 is 10.6. The molecule has 1 N–H and O–H groups in total. The van der Waals surface area contributed by atoms with Gasteiger partial charge in [0.1, 0.15) is 6.61 Å².